The van der Waals surface area contributed by atoms with E-state index in [4.69, 9.17) is 4.74 Å². The molecule has 1 aromatic heterocycles. The van der Waals surface area contributed by atoms with Gasteiger partial charge in [-0.25, -0.2) is 4.79 Å². The van der Waals surface area contributed by atoms with Crippen molar-refractivity contribution in [2.45, 2.75) is 32.4 Å². The Bertz CT molecular complexity index is 454. The molecule has 15 heavy (non-hydrogen) atoms. The number of aromatic nitrogens is 2. The zero-order valence-electron chi connectivity index (χ0n) is 8.66. The van der Waals surface area contributed by atoms with Crippen molar-refractivity contribution < 1.29 is 4.74 Å². The molecule has 1 aliphatic heterocycles. The molecule has 1 N–H and O–H groups in total. The Hall–Kier alpha value is -1.36. The predicted octanol–water partition coefficient (Wildman–Crippen LogP) is 0.0240. The fourth-order valence-electron chi connectivity index (χ4n) is 1.76. The van der Waals surface area contributed by atoms with Gasteiger partial charge in [0.25, 0.3) is 5.56 Å². The second-order valence-electron chi connectivity index (χ2n) is 3.86. The zero-order chi connectivity index (χ0) is 10.8. The monoisotopic (exact) mass is 210 g/mol. The lowest BCUT2D eigenvalue weighted by Crippen LogP contribution is -2.33. The van der Waals surface area contributed by atoms with Gasteiger partial charge in [0.05, 0.1) is 12.6 Å². The number of nitrogens with zero attached hydrogens (tertiary/aromatic N) is 1. The van der Waals surface area contributed by atoms with Crippen molar-refractivity contribution >= 4 is 0 Å². The molecular formula is C10H14N2O3. The number of hydrogen-bond donors (Lipinski definition) is 1. The summed E-state index contributed by atoms with van der Waals surface area (Å²) < 4.78 is 6.94. The van der Waals surface area contributed by atoms with Gasteiger partial charge in [-0.2, -0.15) is 0 Å². The maximum atomic E-state index is 11.4. The van der Waals surface area contributed by atoms with Gasteiger partial charge < -0.3 is 4.74 Å². The van der Waals surface area contributed by atoms with Gasteiger partial charge in [-0.3, -0.25) is 14.3 Å². The summed E-state index contributed by atoms with van der Waals surface area (Å²) >= 11 is 0. The lowest BCUT2D eigenvalue weighted by molar-refractivity contribution is 0.0957. The molecule has 1 aliphatic rings. The molecule has 0 aliphatic carbocycles. The van der Waals surface area contributed by atoms with E-state index in [1.54, 1.807) is 13.1 Å². The first-order chi connectivity index (χ1) is 7.16. The van der Waals surface area contributed by atoms with Crippen LogP contribution >= 0.6 is 0 Å². The fourth-order valence-corrected chi connectivity index (χ4v) is 1.76. The van der Waals surface area contributed by atoms with Gasteiger partial charge in [-0.1, -0.05) is 0 Å². The Morgan fingerprint density at radius 3 is 3.07 bits per heavy atom. The number of nitrogens with one attached hydrogen (secondary N) is 1. The third-order valence-electron chi connectivity index (χ3n) is 2.61. The maximum Gasteiger partial charge on any atom is 0.328 e. The molecular weight excluding hydrogens is 196 g/mol. The number of rotatable bonds is 2. The van der Waals surface area contributed by atoms with Crippen LogP contribution in [-0.4, -0.2) is 22.3 Å². The molecule has 0 radical (unpaired) electrons. The molecule has 0 spiro atoms. The summed E-state index contributed by atoms with van der Waals surface area (Å²) in [5.74, 6) is 0. The molecule has 2 heterocycles. The minimum atomic E-state index is -0.360. The van der Waals surface area contributed by atoms with Gasteiger partial charge in [0.1, 0.15) is 0 Å². The molecule has 0 bridgehead atoms. The molecule has 82 valence electrons. The molecule has 0 amide bonds. The summed E-state index contributed by atoms with van der Waals surface area (Å²) in [6, 6.07) is 0. The number of aromatic amines is 1. The summed E-state index contributed by atoms with van der Waals surface area (Å²) in [7, 11) is 0. The lowest BCUT2D eigenvalue weighted by atomic mass is 10.2. The normalized spacial score (nSPS) is 20.7. The summed E-state index contributed by atoms with van der Waals surface area (Å²) in [6.45, 7) is 2.97. The molecule has 1 atom stereocenters. The van der Waals surface area contributed by atoms with Crippen molar-refractivity contribution in [3.05, 3.63) is 32.6 Å². The van der Waals surface area contributed by atoms with Gasteiger partial charge in [-0.05, 0) is 19.8 Å². The van der Waals surface area contributed by atoms with E-state index < -0.39 is 0 Å². The van der Waals surface area contributed by atoms with Gasteiger partial charge in [0.2, 0.25) is 0 Å². The van der Waals surface area contributed by atoms with E-state index in [2.05, 4.69) is 4.98 Å². The standard InChI is InChI=1S/C10H14N2O3/c1-7-5-12(10(14)11-9(7)13)6-8-3-2-4-15-8/h5,8H,2-4,6H2,1H3,(H,11,13,14). The molecule has 1 saturated heterocycles. The Labute approximate surface area is 86.7 Å². The maximum absolute atomic E-state index is 11.4. The average Bonchev–Trinajstić information content (AvgIpc) is 2.67. The number of aryl methyl sites for hydroxylation is 1. The largest absolute Gasteiger partial charge is 0.376 e. The van der Waals surface area contributed by atoms with Crippen LogP contribution in [0.15, 0.2) is 15.8 Å². The lowest BCUT2D eigenvalue weighted by Gasteiger charge is -2.11. The van der Waals surface area contributed by atoms with Crippen molar-refractivity contribution in [2.75, 3.05) is 6.61 Å². The molecule has 1 aromatic rings. The summed E-state index contributed by atoms with van der Waals surface area (Å²) in [4.78, 5) is 24.8. The SMILES string of the molecule is Cc1cn(CC2CCCO2)c(=O)[nH]c1=O. The van der Waals surface area contributed by atoms with Crippen LogP contribution in [0, 0.1) is 6.92 Å². The van der Waals surface area contributed by atoms with Crippen LogP contribution in [0.25, 0.3) is 0 Å². The fraction of sp³-hybridized carbons (Fsp3) is 0.600. The van der Waals surface area contributed by atoms with E-state index in [-0.39, 0.29) is 17.4 Å². The first kappa shape index (κ1) is 10.2. The third-order valence-corrected chi connectivity index (χ3v) is 2.61. The first-order valence-corrected chi connectivity index (χ1v) is 5.09. The van der Waals surface area contributed by atoms with Crippen molar-refractivity contribution in [2.24, 2.45) is 0 Å². The van der Waals surface area contributed by atoms with Crippen LogP contribution in [0.5, 0.6) is 0 Å². The second kappa shape index (κ2) is 4.02. The minimum Gasteiger partial charge on any atom is -0.376 e. The quantitative estimate of drug-likeness (QED) is 0.748. The number of H-pyrrole nitrogens is 1. The summed E-state index contributed by atoms with van der Waals surface area (Å²) in [6.07, 6.45) is 3.71. The smallest absolute Gasteiger partial charge is 0.328 e. The Morgan fingerprint density at radius 1 is 1.60 bits per heavy atom. The molecule has 0 saturated carbocycles. The summed E-state index contributed by atoms with van der Waals surface area (Å²) in [5, 5.41) is 0. The van der Waals surface area contributed by atoms with Gasteiger partial charge in [0, 0.05) is 18.4 Å². The minimum absolute atomic E-state index is 0.105. The van der Waals surface area contributed by atoms with E-state index in [0.717, 1.165) is 19.4 Å². The molecule has 1 fully saturated rings. The highest BCUT2D eigenvalue weighted by Crippen LogP contribution is 2.12. The highest BCUT2D eigenvalue weighted by molar-refractivity contribution is 5.00. The van der Waals surface area contributed by atoms with Crippen LogP contribution in [0.2, 0.25) is 0 Å². The van der Waals surface area contributed by atoms with Gasteiger partial charge >= 0.3 is 5.69 Å². The van der Waals surface area contributed by atoms with Gasteiger partial charge in [-0.15, -0.1) is 0 Å². The summed E-state index contributed by atoms with van der Waals surface area (Å²) in [5.41, 5.74) is -0.128. The Balaban J connectivity index is 2.24. The first-order valence-electron chi connectivity index (χ1n) is 5.09. The number of ether oxygens (including phenoxy) is 1. The topological polar surface area (TPSA) is 64.1 Å². The van der Waals surface area contributed by atoms with E-state index in [9.17, 15) is 9.59 Å². The zero-order valence-corrected chi connectivity index (χ0v) is 8.66. The highest BCUT2D eigenvalue weighted by atomic mass is 16.5. The van der Waals surface area contributed by atoms with Crippen molar-refractivity contribution in [1.29, 1.82) is 0 Å². The highest BCUT2D eigenvalue weighted by Gasteiger charge is 2.16. The Kier molecular flexibility index (Phi) is 2.73. The van der Waals surface area contributed by atoms with Crippen LogP contribution in [0.4, 0.5) is 0 Å². The molecule has 2 rings (SSSR count). The Morgan fingerprint density at radius 2 is 2.40 bits per heavy atom. The average molecular weight is 210 g/mol. The van der Waals surface area contributed by atoms with E-state index in [1.807, 2.05) is 0 Å². The van der Waals surface area contributed by atoms with Crippen LogP contribution in [0.3, 0.4) is 0 Å². The molecule has 1 unspecified atom stereocenters. The molecule has 5 heteroatoms. The second-order valence-corrected chi connectivity index (χ2v) is 3.86. The van der Waals surface area contributed by atoms with E-state index in [1.165, 1.54) is 4.57 Å². The van der Waals surface area contributed by atoms with Crippen molar-refractivity contribution in [3.63, 3.8) is 0 Å². The van der Waals surface area contributed by atoms with Crippen LogP contribution in [-0.2, 0) is 11.3 Å². The van der Waals surface area contributed by atoms with Crippen LogP contribution in [0.1, 0.15) is 18.4 Å². The molecule has 5 nitrogen and oxygen atoms in total. The van der Waals surface area contributed by atoms with Gasteiger partial charge in [0.15, 0.2) is 0 Å². The van der Waals surface area contributed by atoms with Crippen molar-refractivity contribution in [1.82, 2.24) is 9.55 Å². The predicted molar refractivity (Wildman–Crippen MR) is 55.0 cm³/mol. The van der Waals surface area contributed by atoms with Crippen molar-refractivity contribution in [3.8, 4) is 0 Å². The van der Waals surface area contributed by atoms with E-state index >= 15 is 0 Å². The third kappa shape index (κ3) is 2.18. The van der Waals surface area contributed by atoms with E-state index in [0.29, 0.717) is 12.1 Å². The molecule has 0 aromatic carbocycles. The van der Waals surface area contributed by atoms with Crippen LogP contribution < -0.4 is 11.2 Å². The number of hydrogen-bond acceptors (Lipinski definition) is 3.